The molecule has 6 nitrogen and oxygen atoms in total. The standard InChI is InChI=1S/C12H16N2O4S/c13-19(16,17)11-3-1-2-10(8-11)14-12(15)9-4-6-18-7-5-9/h1-3,8-9H,4-7H2,(H,14,15)(H2,13,16,17). The van der Waals surface area contributed by atoms with Gasteiger partial charge in [0.15, 0.2) is 0 Å². The summed E-state index contributed by atoms with van der Waals surface area (Å²) in [4.78, 5) is 12.0. The van der Waals surface area contributed by atoms with E-state index in [9.17, 15) is 13.2 Å². The zero-order valence-electron chi connectivity index (χ0n) is 10.3. The number of carbonyl (C=O) groups is 1. The van der Waals surface area contributed by atoms with E-state index < -0.39 is 10.0 Å². The Hall–Kier alpha value is -1.44. The molecule has 3 N–H and O–H groups in total. The Balaban J connectivity index is 2.08. The Bertz CT molecular complexity index is 565. The van der Waals surface area contributed by atoms with Crippen molar-refractivity contribution in [2.45, 2.75) is 17.7 Å². The maximum atomic E-state index is 12.0. The molecular weight excluding hydrogens is 268 g/mol. The number of anilines is 1. The van der Waals surface area contributed by atoms with Crippen molar-refractivity contribution in [3.05, 3.63) is 24.3 Å². The van der Waals surface area contributed by atoms with Gasteiger partial charge in [-0.05, 0) is 31.0 Å². The highest BCUT2D eigenvalue weighted by Gasteiger charge is 2.21. The van der Waals surface area contributed by atoms with Crippen LogP contribution in [-0.4, -0.2) is 27.5 Å². The fraction of sp³-hybridized carbons (Fsp3) is 0.417. The van der Waals surface area contributed by atoms with Crippen LogP contribution in [0.1, 0.15) is 12.8 Å². The molecule has 1 aromatic carbocycles. The topological polar surface area (TPSA) is 98.5 Å². The molecule has 19 heavy (non-hydrogen) atoms. The zero-order chi connectivity index (χ0) is 13.9. The normalized spacial score (nSPS) is 17.1. The molecule has 1 fully saturated rings. The van der Waals surface area contributed by atoms with Crippen LogP contribution in [0.15, 0.2) is 29.2 Å². The summed E-state index contributed by atoms with van der Waals surface area (Å²) < 4.78 is 27.6. The Kier molecular flexibility index (Phi) is 4.18. The van der Waals surface area contributed by atoms with E-state index in [1.165, 1.54) is 12.1 Å². The highest BCUT2D eigenvalue weighted by Crippen LogP contribution is 2.19. The van der Waals surface area contributed by atoms with Gasteiger partial charge in [0.1, 0.15) is 0 Å². The summed E-state index contributed by atoms with van der Waals surface area (Å²) in [5, 5.41) is 7.75. The number of hydrogen-bond acceptors (Lipinski definition) is 4. The predicted molar refractivity (Wildman–Crippen MR) is 70.0 cm³/mol. The first-order chi connectivity index (χ1) is 8.97. The van der Waals surface area contributed by atoms with Gasteiger partial charge in [0.2, 0.25) is 15.9 Å². The molecule has 0 radical (unpaired) electrons. The van der Waals surface area contributed by atoms with Gasteiger partial charge in [-0.25, -0.2) is 13.6 Å². The average molecular weight is 284 g/mol. The van der Waals surface area contributed by atoms with Crippen molar-refractivity contribution in [1.29, 1.82) is 0 Å². The summed E-state index contributed by atoms with van der Waals surface area (Å²) >= 11 is 0. The van der Waals surface area contributed by atoms with E-state index in [-0.39, 0.29) is 16.7 Å². The highest BCUT2D eigenvalue weighted by atomic mass is 32.2. The van der Waals surface area contributed by atoms with Gasteiger partial charge in [-0.3, -0.25) is 4.79 Å². The molecule has 104 valence electrons. The van der Waals surface area contributed by atoms with Gasteiger partial charge < -0.3 is 10.1 Å². The third kappa shape index (κ3) is 3.76. The number of sulfonamides is 1. The van der Waals surface area contributed by atoms with Crippen molar-refractivity contribution < 1.29 is 17.9 Å². The molecule has 0 unspecified atom stereocenters. The Labute approximate surface area is 112 Å². The van der Waals surface area contributed by atoms with Crippen LogP contribution in [0, 0.1) is 5.92 Å². The van der Waals surface area contributed by atoms with Crippen molar-refractivity contribution >= 4 is 21.6 Å². The Morgan fingerprint density at radius 1 is 1.32 bits per heavy atom. The van der Waals surface area contributed by atoms with Crippen LogP contribution in [0.25, 0.3) is 0 Å². The molecule has 0 aliphatic carbocycles. The molecule has 0 atom stereocenters. The number of nitrogens with two attached hydrogens (primary N) is 1. The van der Waals surface area contributed by atoms with Crippen molar-refractivity contribution in [2.75, 3.05) is 18.5 Å². The van der Waals surface area contributed by atoms with Crippen LogP contribution >= 0.6 is 0 Å². The summed E-state index contributed by atoms with van der Waals surface area (Å²) in [6.45, 7) is 1.16. The van der Waals surface area contributed by atoms with Crippen LogP contribution in [-0.2, 0) is 19.6 Å². The first-order valence-corrected chi connectivity index (χ1v) is 7.53. The molecule has 1 aliphatic rings. The highest BCUT2D eigenvalue weighted by molar-refractivity contribution is 7.89. The number of carbonyl (C=O) groups excluding carboxylic acids is 1. The van der Waals surface area contributed by atoms with Crippen LogP contribution in [0.5, 0.6) is 0 Å². The maximum absolute atomic E-state index is 12.0. The molecule has 7 heteroatoms. The molecule has 0 bridgehead atoms. The Morgan fingerprint density at radius 3 is 2.63 bits per heavy atom. The molecule has 1 aliphatic heterocycles. The van der Waals surface area contributed by atoms with E-state index in [1.54, 1.807) is 12.1 Å². The monoisotopic (exact) mass is 284 g/mol. The van der Waals surface area contributed by atoms with E-state index >= 15 is 0 Å². The average Bonchev–Trinajstić information content (AvgIpc) is 2.39. The zero-order valence-corrected chi connectivity index (χ0v) is 11.2. The van der Waals surface area contributed by atoms with Crippen molar-refractivity contribution in [3.8, 4) is 0 Å². The number of hydrogen-bond donors (Lipinski definition) is 2. The lowest BCUT2D eigenvalue weighted by Gasteiger charge is -2.21. The molecule has 0 saturated carbocycles. The van der Waals surface area contributed by atoms with Crippen LogP contribution in [0.2, 0.25) is 0 Å². The molecular formula is C12H16N2O4S. The summed E-state index contributed by atoms with van der Waals surface area (Å²) in [6.07, 6.45) is 1.36. The lowest BCUT2D eigenvalue weighted by molar-refractivity contribution is -0.122. The van der Waals surface area contributed by atoms with E-state index in [4.69, 9.17) is 9.88 Å². The molecule has 2 rings (SSSR count). The van der Waals surface area contributed by atoms with Crippen LogP contribution in [0.4, 0.5) is 5.69 Å². The minimum atomic E-state index is -3.76. The molecule has 0 spiro atoms. The summed E-state index contributed by atoms with van der Waals surface area (Å²) in [6, 6.07) is 5.91. The van der Waals surface area contributed by atoms with Gasteiger partial charge in [0.05, 0.1) is 4.90 Å². The molecule has 1 saturated heterocycles. The number of rotatable bonds is 3. The van der Waals surface area contributed by atoms with Gasteiger partial charge in [0, 0.05) is 24.8 Å². The molecule has 1 aromatic rings. The predicted octanol–water partition coefficient (Wildman–Crippen LogP) is 0.699. The molecule has 0 aromatic heterocycles. The van der Waals surface area contributed by atoms with E-state index in [1.807, 2.05) is 0 Å². The maximum Gasteiger partial charge on any atom is 0.238 e. The fourth-order valence-electron chi connectivity index (χ4n) is 1.95. The second kappa shape index (κ2) is 5.68. The largest absolute Gasteiger partial charge is 0.381 e. The lowest BCUT2D eigenvalue weighted by atomic mass is 9.99. The summed E-state index contributed by atoms with van der Waals surface area (Å²) in [5.41, 5.74) is 0.433. The second-order valence-electron chi connectivity index (χ2n) is 4.45. The summed E-state index contributed by atoms with van der Waals surface area (Å²) in [5.74, 6) is -0.207. The number of benzene rings is 1. The third-order valence-electron chi connectivity index (χ3n) is 3.02. The van der Waals surface area contributed by atoms with Crippen LogP contribution in [0.3, 0.4) is 0 Å². The third-order valence-corrected chi connectivity index (χ3v) is 3.93. The Morgan fingerprint density at radius 2 is 2.00 bits per heavy atom. The number of primary sulfonamides is 1. The first kappa shape index (κ1) is 14.0. The van der Waals surface area contributed by atoms with Crippen molar-refractivity contribution in [2.24, 2.45) is 11.1 Å². The van der Waals surface area contributed by atoms with Crippen molar-refractivity contribution in [3.63, 3.8) is 0 Å². The van der Waals surface area contributed by atoms with Crippen LogP contribution < -0.4 is 10.5 Å². The summed E-state index contributed by atoms with van der Waals surface area (Å²) in [7, 11) is -3.76. The quantitative estimate of drug-likeness (QED) is 0.853. The van der Waals surface area contributed by atoms with E-state index in [2.05, 4.69) is 5.32 Å². The van der Waals surface area contributed by atoms with Gasteiger partial charge in [0.25, 0.3) is 0 Å². The van der Waals surface area contributed by atoms with Gasteiger partial charge in [-0.1, -0.05) is 6.07 Å². The number of amides is 1. The fourth-order valence-corrected chi connectivity index (χ4v) is 2.51. The van der Waals surface area contributed by atoms with Gasteiger partial charge in [-0.2, -0.15) is 0 Å². The molecule has 1 heterocycles. The lowest BCUT2D eigenvalue weighted by Crippen LogP contribution is -2.28. The first-order valence-electron chi connectivity index (χ1n) is 5.98. The SMILES string of the molecule is NS(=O)(=O)c1cccc(NC(=O)C2CCOCC2)c1. The minimum Gasteiger partial charge on any atom is -0.381 e. The van der Waals surface area contributed by atoms with Gasteiger partial charge in [-0.15, -0.1) is 0 Å². The van der Waals surface area contributed by atoms with E-state index in [0.717, 1.165) is 0 Å². The van der Waals surface area contributed by atoms with Gasteiger partial charge >= 0.3 is 0 Å². The van der Waals surface area contributed by atoms with Crippen molar-refractivity contribution in [1.82, 2.24) is 0 Å². The number of ether oxygens (including phenoxy) is 1. The smallest absolute Gasteiger partial charge is 0.238 e. The molecule has 1 amide bonds. The number of nitrogens with one attached hydrogen (secondary N) is 1. The second-order valence-corrected chi connectivity index (χ2v) is 6.01. The minimum absolute atomic E-state index is 0.0164. The van der Waals surface area contributed by atoms with E-state index in [0.29, 0.717) is 31.7 Å².